The molecule has 1 amide bonds. The van der Waals surface area contributed by atoms with Crippen molar-refractivity contribution in [1.82, 2.24) is 9.78 Å². The molecule has 156 valence electrons. The van der Waals surface area contributed by atoms with Gasteiger partial charge in [-0.2, -0.15) is 5.10 Å². The molecule has 0 bridgehead atoms. The van der Waals surface area contributed by atoms with E-state index in [0.717, 1.165) is 31.4 Å². The Labute approximate surface area is 164 Å². The molecule has 4 nitrogen and oxygen atoms in total. The number of anilines is 1. The molecule has 1 N–H and O–H groups in total. The van der Waals surface area contributed by atoms with Gasteiger partial charge in [-0.25, -0.2) is 22.0 Å². The maximum atomic E-state index is 13.8. The molecule has 2 aliphatic carbocycles. The third-order valence-corrected chi connectivity index (χ3v) is 5.76. The van der Waals surface area contributed by atoms with Crippen LogP contribution >= 0.6 is 0 Å². The Morgan fingerprint density at radius 3 is 2.34 bits per heavy atom. The summed E-state index contributed by atoms with van der Waals surface area (Å²) in [4.78, 5) is 12.3. The number of aromatic nitrogens is 2. The molecule has 0 radical (unpaired) electrons. The van der Waals surface area contributed by atoms with Gasteiger partial charge in [0.1, 0.15) is 0 Å². The molecule has 1 aromatic carbocycles. The molecule has 0 spiro atoms. The van der Waals surface area contributed by atoms with Crippen molar-refractivity contribution in [2.75, 3.05) is 5.32 Å². The first-order valence-corrected chi connectivity index (χ1v) is 9.54. The van der Waals surface area contributed by atoms with Gasteiger partial charge < -0.3 is 5.32 Å². The molecule has 2 saturated carbocycles. The largest absolute Gasteiger partial charge is 0.309 e. The van der Waals surface area contributed by atoms with Gasteiger partial charge in [0.15, 0.2) is 23.3 Å². The summed E-state index contributed by atoms with van der Waals surface area (Å²) >= 11 is 0. The van der Waals surface area contributed by atoms with E-state index in [1.165, 1.54) is 4.68 Å². The smallest absolute Gasteiger partial charge is 0.248 e. The first kappa shape index (κ1) is 19.8. The van der Waals surface area contributed by atoms with Crippen LogP contribution < -0.4 is 5.32 Å². The van der Waals surface area contributed by atoms with Crippen molar-refractivity contribution >= 4 is 11.7 Å². The molecule has 2 aliphatic rings. The maximum Gasteiger partial charge on any atom is 0.248 e. The first-order valence-electron chi connectivity index (χ1n) is 9.54. The van der Waals surface area contributed by atoms with E-state index in [1.54, 1.807) is 7.05 Å². The Hall–Kier alpha value is -2.45. The minimum atomic E-state index is -2.70. The van der Waals surface area contributed by atoms with E-state index in [0.29, 0.717) is 11.3 Å². The average molecular weight is 413 g/mol. The Morgan fingerprint density at radius 1 is 1.21 bits per heavy atom. The topological polar surface area (TPSA) is 46.9 Å². The summed E-state index contributed by atoms with van der Waals surface area (Å²) in [6, 6.07) is 1.80. The number of rotatable bonds is 5. The SMILES string of the molecule is Cn1nc(NC(=O)CC2CC(F)(F)C2)c(C2CCC2)c1-c1cc(F)c(F)c(F)c1. The minimum absolute atomic E-state index is 0.0363. The molecule has 29 heavy (non-hydrogen) atoms. The normalized spacial score (nSPS) is 19.0. The number of nitrogens with zero attached hydrogens (tertiary/aromatic N) is 2. The van der Waals surface area contributed by atoms with Crippen molar-refractivity contribution in [3.8, 4) is 11.3 Å². The van der Waals surface area contributed by atoms with Gasteiger partial charge in [-0.05, 0) is 36.8 Å². The van der Waals surface area contributed by atoms with E-state index in [-0.39, 0.29) is 42.5 Å². The molecule has 4 rings (SSSR count). The summed E-state index contributed by atoms with van der Waals surface area (Å²) in [5.74, 6) is -7.36. The van der Waals surface area contributed by atoms with Gasteiger partial charge in [-0.15, -0.1) is 0 Å². The number of nitrogens with one attached hydrogen (secondary N) is 1. The Morgan fingerprint density at radius 2 is 1.83 bits per heavy atom. The average Bonchev–Trinajstić information content (AvgIpc) is 2.84. The van der Waals surface area contributed by atoms with Gasteiger partial charge in [0.05, 0.1) is 5.69 Å². The molecular formula is C20H20F5N3O. The van der Waals surface area contributed by atoms with Gasteiger partial charge in [0.25, 0.3) is 0 Å². The lowest BCUT2D eigenvalue weighted by atomic mass is 9.78. The van der Waals surface area contributed by atoms with Crippen molar-refractivity contribution in [3.05, 3.63) is 35.1 Å². The van der Waals surface area contributed by atoms with E-state index < -0.39 is 29.3 Å². The fourth-order valence-corrected chi connectivity index (χ4v) is 4.13. The molecule has 1 aromatic heterocycles. The Balaban J connectivity index is 1.64. The van der Waals surface area contributed by atoms with Crippen LogP contribution in [0.1, 0.15) is 50.0 Å². The lowest BCUT2D eigenvalue weighted by Crippen LogP contribution is -2.37. The standard InChI is InChI=1S/C20H20F5N3O/c1-28-18(12-6-13(21)17(23)14(22)7-12)16(11-3-2-4-11)19(27-28)26-15(29)5-10-8-20(24,25)9-10/h6-7,10-11H,2-5,8-9H2,1H3,(H,26,27,29). The monoisotopic (exact) mass is 413 g/mol. The van der Waals surface area contributed by atoms with Crippen molar-refractivity contribution in [1.29, 1.82) is 0 Å². The number of alkyl halides is 2. The Bertz CT molecular complexity index is 936. The number of amides is 1. The van der Waals surface area contributed by atoms with Crippen LogP contribution in [-0.2, 0) is 11.8 Å². The van der Waals surface area contributed by atoms with Crippen LogP contribution in [0.15, 0.2) is 12.1 Å². The van der Waals surface area contributed by atoms with E-state index in [1.807, 2.05) is 0 Å². The molecule has 0 unspecified atom stereocenters. The number of carbonyl (C=O) groups excluding carboxylic acids is 1. The number of hydrogen-bond acceptors (Lipinski definition) is 2. The number of benzene rings is 1. The summed E-state index contributed by atoms with van der Waals surface area (Å²) in [6.45, 7) is 0. The summed E-state index contributed by atoms with van der Waals surface area (Å²) in [6.07, 6.45) is 1.96. The molecule has 2 fully saturated rings. The van der Waals surface area contributed by atoms with Crippen molar-refractivity contribution in [3.63, 3.8) is 0 Å². The van der Waals surface area contributed by atoms with Crippen LogP contribution in [0, 0.1) is 23.4 Å². The van der Waals surface area contributed by atoms with Crippen LogP contribution in [0.4, 0.5) is 27.8 Å². The minimum Gasteiger partial charge on any atom is -0.309 e. The summed E-state index contributed by atoms with van der Waals surface area (Å²) in [5, 5.41) is 6.97. The van der Waals surface area contributed by atoms with Crippen molar-refractivity contribution in [2.24, 2.45) is 13.0 Å². The third kappa shape index (κ3) is 3.74. The number of carbonyl (C=O) groups is 1. The zero-order valence-corrected chi connectivity index (χ0v) is 15.7. The van der Waals surface area contributed by atoms with Crippen LogP contribution in [-0.4, -0.2) is 21.6 Å². The quantitative estimate of drug-likeness (QED) is 0.545. The zero-order chi connectivity index (χ0) is 20.9. The second-order valence-electron chi connectivity index (χ2n) is 8.00. The molecular weight excluding hydrogens is 393 g/mol. The van der Waals surface area contributed by atoms with E-state index in [2.05, 4.69) is 10.4 Å². The Kier molecular flexibility index (Phi) is 4.86. The number of aryl methyl sites for hydroxylation is 1. The van der Waals surface area contributed by atoms with E-state index in [9.17, 15) is 26.7 Å². The summed E-state index contributed by atoms with van der Waals surface area (Å²) in [7, 11) is 1.57. The lowest BCUT2D eigenvalue weighted by Gasteiger charge is -2.34. The zero-order valence-electron chi connectivity index (χ0n) is 15.7. The van der Waals surface area contributed by atoms with Gasteiger partial charge in [-0.3, -0.25) is 9.48 Å². The second kappa shape index (κ2) is 7.11. The van der Waals surface area contributed by atoms with Crippen LogP contribution in [0.2, 0.25) is 0 Å². The highest BCUT2D eigenvalue weighted by atomic mass is 19.3. The van der Waals surface area contributed by atoms with Crippen molar-refractivity contribution < 1.29 is 26.7 Å². The highest BCUT2D eigenvalue weighted by molar-refractivity contribution is 5.92. The number of hydrogen-bond donors (Lipinski definition) is 1. The van der Waals surface area contributed by atoms with Gasteiger partial charge in [0, 0.05) is 37.4 Å². The second-order valence-corrected chi connectivity index (χ2v) is 8.00. The highest BCUT2D eigenvalue weighted by Crippen LogP contribution is 2.46. The fourth-order valence-electron chi connectivity index (χ4n) is 4.13. The first-order chi connectivity index (χ1) is 13.6. The van der Waals surface area contributed by atoms with E-state index >= 15 is 0 Å². The highest BCUT2D eigenvalue weighted by Gasteiger charge is 2.45. The fraction of sp³-hybridized carbons (Fsp3) is 0.500. The number of halogens is 5. The summed E-state index contributed by atoms with van der Waals surface area (Å²) in [5.41, 5.74) is 1.16. The lowest BCUT2D eigenvalue weighted by molar-refractivity contribution is -0.129. The van der Waals surface area contributed by atoms with Gasteiger partial charge >= 0.3 is 0 Å². The van der Waals surface area contributed by atoms with Gasteiger partial charge in [-0.1, -0.05) is 6.42 Å². The molecule has 9 heteroatoms. The summed E-state index contributed by atoms with van der Waals surface area (Å²) < 4.78 is 68.3. The predicted molar refractivity (Wildman–Crippen MR) is 96.0 cm³/mol. The molecule has 1 heterocycles. The van der Waals surface area contributed by atoms with E-state index in [4.69, 9.17) is 0 Å². The third-order valence-electron chi connectivity index (χ3n) is 5.76. The van der Waals surface area contributed by atoms with Crippen LogP contribution in [0.25, 0.3) is 11.3 Å². The van der Waals surface area contributed by atoms with Crippen LogP contribution in [0.5, 0.6) is 0 Å². The molecule has 0 saturated heterocycles. The van der Waals surface area contributed by atoms with Crippen molar-refractivity contribution in [2.45, 2.75) is 50.4 Å². The molecule has 0 aliphatic heterocycles. The van der Waals surface area contributed by atoms with Crippen LogP contribution in [0.3, 0.4) is 0 Å². The predicted octanol–water partition coefficient (Wildman–Crippen LogP) is 5.15. The molecule has 2 aromatic rings. The molecule has 0 atom stereocenters. The van der Waals surface area contributed by atoms with Gasteiger partial charge in [0.2, 0.25) is 11.8 Å². The maximum absolute atomic E-state index is 13.8.